The topological polar surface area (TPSA) is 121 Å². The predicted octanol–water partition coefficient (Wildman–Crippen LogP) is 4.23. The van der Waals surface area contributed by atoms with Crippen LogP contribution in [-0.2, 0) is 11.3 Å². The van der Waals surface area contributed by atoms with Crippen LogP contribution >= 0.6 is 0 Å². The Balaban J connectivity index is 1.39. The van der Waals surface area contributed by atoms with Crippen molar-refractivity contribution in [2.45, 2.75) is 71.4 Å². The van der Waals surface area contributed by atoms with Gasteiger partial charge in [0.15, 0.2) is 0 Å². The summed E-state index contributed by atoms with van der Waals surface area (Å²) in [6, 6.07) is 6.13. The summed E-state index contributed by atoms with van der Waals surface area (Å²) in [5, 5.41) is 14.8. The molecule has 0 unspecified atom stereocenters. The van der Waals surface area contributed by atoms with Crippen molar-refractivity contribution in [1.29, 1.82) is 5.41 Å². The summed E-state index contributed by atoms with van der Waals surface area (Å²) >= 11 is 0. The van der Waals surface area contributed by atoms with Crippen LogP contribution in [0.1, 0.15) is 83.3 Å². The normalized spacial score (nSPS) is 18.5. The molecule has 1 saturated heterocycles. The molecule has 1 aromatic heterocycles. The van der Waals surface area contributed by atoms with Crippen molar-refractivity contribution in [2.24, 2.45) is 5.92 Å². The molecule has 2 amide bonds. The van der Waals surface area contributed by atoms with Gasteiger partial charge in [-0.1, -0.05) is 18.9 Å². The number of aromatic amines is 1. The zero-order valence-corrected chi connectivity index (χ0v) is 25.1. The molecule has 9 heteroatoms. The molecule has 9 nitrogen and oxygen atoms in total. The number of aromatic nitrogens is 1. The highest BCUT2D eigenvalue weighted by molar-refractivity contribution is 6.06. The molecule has 42 heavy (non-hydrogen) atoms. The van der Waals surface area contributed by atoms with Gasteiger partial charge < -0.3 is 30.8 Å². The second-order valence-electron chi connectivity index (χ2n) is 12.2. The van der Waals surface area contributed by atoms with Crippen molar-refractivity contribution in [3.05, 3.63) is 68.1 Å². The summed E-state index contributed by atoms with van der Waals surface area (Å²) in [5.74, 6) is 0.0345. The number of piperidine rings is 1. The molecular weight excluding hydrogens is 528 g/mol. The number of likely N-dealkylation sites (tertiary alicyclic amines) is 1. The van der Waals surface area contributed by atoms with Crippen molar-refractivity contribution in [2.75, 3.05) is 38.5 Å². The summed E-state index contributed by atoms with van der Waals surface area (Å²) in [4.78, 5) is 46.4. The van der Waals surface area contributed by atoms with E-state index in [9.17, 15) is 14.4 Å². The van der Waals surface area contributed by atoms with Crippen LogP contribution in [0, 0.1) is 25.2 Å². The van der Waals surface area contributed by atoms with Crippen LogP contribution in [-0.4, -0.2) is 72.1 Å². The van der Waals surface area contributed by atoms with Gasteiger partial charge in [0, 0.05) is 60.3 Å². The molecule has 0 bridgehead atoms. The maximum atomic E-state index is 13.6. The first-order chi connectivity index (χ1) is 20.2. The maximum Gasteiger partial charge on any atom is 0.253 e. The van der Waals surface area contributed by atoms with E-state index in [2.05, 4.69) is 39.7 Å². The van der Waals surface area contributed by atoms with Gasteiger partial charge in [-0.25, -0.2) is 0 Å². The monoisotopic (exact) mass is 572 g/mol. The van der Waals surface area contributed by atoms with Crippen LogP contribution in [0.15, 0.2) is 29.1 Å². The molecule has 2 fully saturated rings. The SMILES string of the molecule is Cc1cc(C)c(CNC(=O)c2cc(C3=CCN(C(=O)C4CCN(C)CC4)CC3)cc(NC3CCCC3)c2C=N)c(=O)[nH]1. The Labute approximate surface area is 248 Å². The summed E-state index contributed by atoms with van der Waals surface area (Å²) in [5.41, 5.74) is 5.71. The van der Waals surface area contributed by atoms with Gasteiger partial charge in [-0.05, 0) is 101 Å². The molecule has 5 rings (SSSR count). The average molecular weight is 573 g/mol. The van der Waals surface area contributed by atoms with E-state index in [0.717, 1.165) is 66.9 Å². The molecule has 3 heterocycles. The third-order valence-electron chi connectivity index (χ3n) is 9.16. The summed E-state index contributed by atoms with van der Waals surface area (Å²) in [6.45, 7) is 6.95. The standard InChI is InChI=1S/C33H44N6O3/c1-21-16-22(2)36-32(41)29(21)20-35-31(40)27-17-25(18-30(28(27)19-34)37-26-6-4-5-7-26)23-10-14-39(15-11-23)33(42)24-8-12-38(3)13-9-24/h10,16-19,24,26,34,37H,4-9,11-15,20H2,1-3H3,(H,35,40)(H,36,41). The smallest absolute Gasteiger partial charge is 0.253 e. The Kier molecular flexibility index (Phi) is 9.26. The number of hydrogen-bond donors (Lipinski definition) is 4. The van der Waals surface area contributed by atoms with Crippen LogP contribution < -0.4 is 16.2 Å². The van der Waals surface area contributed by atoms with E-state index in [4.69, 9.17) is 5.41 Å². The number of aryl methyl sites for hydroxylation is 2. The fourth-order valence-corrected chi connectivity index (χ4v) is 6.60. The molecule has 1 aliphatic carbocycles. The number of nitrogens with zero attached hydrogens (tertiary/aromatic N) is 2. The van der Waals surface area contributed by atoms with E-state index < -0.39 is 0 Å². The maximum absolute atomic E-state index is 13.6. The van der Waals surface area contributed by atoms with E-state index in [0.29, 0.717) is 42.2 Å². The van der Waals surface area contributed by atoms with Gasteiger partial charge in [-0.15, -0.1) is 0 Å². The van der Waals surface area contributed by atoms with Crippen LogP contribution in [0.2, 0.25) is 0 Å². The van der Waals surface area contributed by atoms with Crippen LogP contribution in [0.5, 0.6) is 0 Å². The number of rotatable bonds is 8. The Morgan fingerprint density at radius 3 is 2.45 bits per heavy atom. The van der Waals surface area contributed by atoms with Gasteiger partial charge in [0.05, 0.1) is 5.56 Å². The molecule has 0 spiro atoms. The highest BCUT2D eigenvalue weighted by Crippen LogP contribution is 2.32. The van der Waals surface area contributed by atoms with E-state index in [1.54, 1.807) is 0 Å². The van der Waals surface area contributed by atoms with Crippen molar-refractivity contribution in [1.82, 2.24) is 20.1 Å². The minimum atomic E-state index is -0.320. The van der Waals surface area contributed by atoms with Crippen LogP contribution in [0.4, 0.5) is 5.69 Å². The highest BCUT2D eigenvalue weighted by atomic mass is 16.2. The third-order valence-corrected chi connectivity index (χ3v) is 9.16. The van der Waals surface area contributed by atoms with E-state index >= 15 is 0 Å². The number of amides is 2. The molecule has 3 aliphatic rings. The van der Waals surface area contributed by atoms with Gasteiger partial charge in [0.25, 0.3) is 11.5 Å². The number of pyridine rings is 1. The zero-order chi connectivity index (χ0) is 29.8. The Hall–Kier alpha value is -3.72. The van der Waals surface area contributed by atoms with Gasteiger partial charge in [-0.3, -0.25) is 14.4 Å². The minimum Gasteiger partial charge on any atom is -0.382 e. The second-order valence-corrected chi connectivity index (χ2v) is 12.2. The van der Waals surface area contributed by atoms with Crippen LogP contribution in [0.25, 0.3) is 5.57 Å². The quantitative estimate of drug-likeness (QED) is 0.353. The first kappa shape index (κ1) is 29.8. The lowest BCUT2D eigenvalue weighted by molar-refractivity contribution is -0.136. The lowest BCUT2D eigenvalue weighted by Crippen LogP contribution is -2.43. The summed E-state index contributed by atoms with van der Waals surface area (Å²) in [7, 11) is 2.11. The number of benzene rings is 1. The fraction of sp³-hybridized carbons (Fsp3) is 0.515. The molecule has 1 aromatic carbocycles. The number of anilines is 1. The van der Waals surface area contributed by atoms with E-state index in [1.165, 1.54) is 19.1 Å². The fourth-order valence-electron chi connectivity index (χ4n) is 6.60. The summed E-state index contributed by atoms with van der Waals surface area (Å²) in [6.07, 6.45) is 10.4. The van der Waals surface area contributed by atoms with Crippen molar-refractivity contribution < 1.29 is 9.59 Å². The summed E-state index contributed by atoms with van der Waals surface area (Å²) < 4.78 is 0. The van der Waals surface area contributed by atoms with Gasteiger partial charge >= 0.3 is 0 Å². The van der Waals surface area contributed by atoms with Crippen LogP contribution in [0.3, 0.4) is 0 Å². The molecule has 2 aromatic rings. The molecule has 0 radical (unpaired) electrons. The third kappa shape index (κ3) is 6.67. The number of hydrogen-bond acceptors (Lipinski definition) is 6. The second kappa shape index (κ2) is 13.1. The number of nitrogens with one attached hydrogen (secondary N) is 4. The van der Waals surface area contributed by atoms with Crippen molar-refractivity contribution in [3.63, 3.8) is 0 Å². The molecule has 0 atom stereocenters. The minimum absolute atomic E-state index is 0.101. The average Bonchev–Trinajstić information content (AvgIpc) is 3.49. The van der Waals surface area contributed by atoms with Crippen molar-refractivity contribution >= 4 is 29.3 Å². The van der Waals surface area contributed by atoms with Gasteiger partial charge in [0.2, 0.25) is 5.91 Å². The zero-order valence-electron chi connectivity index (χ0n) is 25.1. The molecular formula is C33H44N6O3. The Morgan fingerprint density at radius 2 is 1.81 bits per heavy atom. The van der Waals surface area contributed by atoms with Gasteiger partial charge in [0.1, 0.15) is 0 Å². The first-order valence-electron chi connectivity index (χ1n) is 15.3. The predicted molar refractivity (Wildman–Crippen MR) is 167 cm³/mol. The highest BCUT2D eigenvalue weighted by Gasteiger charge is 2.29. The van der Waals surface area contributed by atoms with E-state index in [1.807, 2.05) is 30.9 Å². The number of carbonyl (C=O) groups is 2. The molecule has 1 saturated carbocycles. The van der Waals surface area contributed by atoms with Gasteiger partial charge in [-0.2, -0.15) is 0 Å². The number of carbonyl (C=O) groups excluding carboxylic acids is 2. The lowest BCUT2D eigenvalue weighted by atomic mass is 9.92. The first-order valence-corrected chi connectivity index (χ1v) is 15.3. The Bertz CT molecular complexity index is 1430. The van der Waals surface area contributed by atoms with E-state index in [-0.39, 0.29) is 29.8 Å². The number of H-pyrrole nitrogens is 1. The largest absolute Gasteiger partial charge is 0.382 e. The molecule has 4 N–H and O–H groups in total. The van der Waals surface area contributed by atoms with Crippen molar-refractivity contribution in [3.8, 4) is 0 Å². The molecule has 2 aliphatic heterocycles. The lowest BCUT2D eigenvalue weighted by Gasteiger charge is -2.34. The molecule has 224 valence electrons. The Morgan fingerprint density at radius 1 is 1.07 bits per heavy atom.